The minimum Gasteiger partial charge on any atom is -0.465 e. The molecule has 0 radical (unpaired) electrons. The van der Waals surface area contributed by atoms with E-state index in [4.69, 9.17) is 15.1 Å². The van der Waals surface area contributed by atoms with Crippen LogP contribution in [0, 0.1) is 5.41 Å². The lowest BCUT2D eigenvalue weighted by atomic mass is 9.98. The highest BCUT2D eigenvalue weighted by atomic mass is 16.5. The molecule has 4 aromatic rings. The summed E-state index contributed by atoms with van der Waals surface area (Å²) >= 11 is 0. The van der Waals surface area contributed by atoms with Gasteiger partial charge >= 0.3 is 5.97 Å². The Morgan fingerprint density at radius 3 is 2.52 bits per heavy atom. The quantitative estimate of drug-likeness (QED) is 0.174. The number of esters is 1. The summed E-state index contributed by atoms with van der Waals surface area (Å²) in [4.78, 5) is 17.3. The van der Waals surface area contributed by atoms with Gasteiger partial charge in [-0.3, -0.25) is 16.1 Å². The van der Waals surface area contributed by atoms with Crippen LogP contribution in [0.4, 0.5) is 0 Å². The van der Waals surface area contributed by atoms with Crippen molar-refractivity contribution in [2.24, 2.45) is 0 Å². The molecule has 1 saturated carbocycles. The normalized spacial score (nSPS) is 13.2. The van der Waals surface area contributed by atoms with Crippen molar-refractivity contribution >= 4 is 22.8 Å². The SMILES string of the molecule is COC(=O)c1cccc2nc(C3CC3)n(Cc3ccc(-c4ccccc4C(=N)NO)cc3)c12. The van der Waals surface area contributed by atoms with Gasteiger partial charge in [-0.1, -0.05) is 54.6 Å². The fraction of sp³-hybridized carbons (Fsp3) is 0.192. The van der Waals surface area contributed by atoms with E-state index in [0.717, 1.165) is 46.4 Å². The average Bonchev–Trinajstić information content (AvgIpc) is 3.65. The number of nitrogens with zero attached hydrogens (tertiary/aromatic N) is 2. The molecule has 0 spiro atoms. The maximum Gasteiger partial charge on any atom is 0.340 e. The monoisotopic (exact) mass is 440 g/mol. The molecule has 0 aliphatic heterocycles. The highest BCUT2D eigenvalue weighted by molar-refractivity contribution is 6.03. The second-order valence-electron chi connectivity index (χ2n) is 8.22. The smallest absolute Gasteiger partial charge is 0.340 e. The number of fused-ring (bicyclic) bond motifs is 1. The van der Waals surface area contributed by atoms with E-state index in [1.807, 2.05) is 60.1 Å². The third-order valence-electron chi connectivity index (χ3n) is 6.06. The Bertz CT molecular complexity index is 1350. The second-order valence-corrected chi connectivity index (χ2v) is 8.22. The first-order valence-corrected chi connectivity index (χ1v) is 10.9. The second kappa shape index (κ2) is 8.52. The Hall–Kier alpha value is -3.97. The topological polar surface area (TPSA) is 100 Å². The highest BCUT2D eigenvalue weighted by Gasteiger charge is 2.31. The molecule has 3 aromatic carbocycles. The number of methoxy groups -OCH3 is 1. The number of carbonyl (C=O) groups excluding carboxylic acids is 1. The average molecular weight is 441 g/mol. The molecule has 7 heteroatoms. The Morgan fingerprint density at radius 1 is 1.09 bits per heavy atom. The number of hydrogen-bond donors (Lipinski definition) is 3. The molecular formula is C26H24N4O3. The summed E-state index contributed by atoms with van der Waals surface area (Å²) in [5.41, 5.74) is 7.56. The Morgan fingerprint density at radius 2 is 1.82 bits per heavy atom. The molecule has 166 valence electrons. The number of hydrogen-bond acceptors (Lipinski definition) is 5. The van der Waals surface area contributed by atoms with Crippen molar-refractivity contribution in [3.63, 3.8) is 0 Å². The molecular weight excluding hydrogens is 416 g/mol. The van der Waals surface area contributed by atoms with E-state index in [2.05, 4.69) is 4.57 Å². The minimum absolute atomic E-state index is 0.0519. The maximum absolute atomic E-state index is 12.4. The first kappa shape index (κ1) is 20.9. The number of ether oxygens (including phenoxy) is 1. The number of benzene rings is 3. The molecule has 1 heterocycles. The summed E-state index contributed by atoms with van der Waals surface area (Å²) in [6, 6.07) is 21.1. The summed E-state index contributed by atoms with van der Waals surface area (Å²) in [6.45, 7) is 0.590. The molecule has 1 aliphatic rings. The summed E-state index contributed by atoms with van der Waals surface area (Å²) in [6.07, 6.45) is 2.22. The molecule has 5 rings (SSSR count). The number of hydroxylamine groups is 1. The van der Waals surface area contributed by atoms with Crippen LogP contribution in [0.2, 0.25) is 0 Å². The number of aromatic nitrogens is 2. The Balaban J connectivity index is 1.53. The van der Waals surface area contributed by atoms with Gasteiger partial charge < -0.3 is 9.30 Å². The van der Waals surface area contributed by atoms with Gasteiger partial charge in [0.1, 0.15) is 11.7 Å². The standard InChI is InChI=1S/C26H24N4O3/c1-33-26(31)21-7-4-8-22-23(21)30(25(28-22)18-13-14-18)15-16-9-11-17(12-10-16)19-5-2-3-6-20(19)24(27)29-32/h2-12,18,32H,13-15H2,1H3,(H2,27,29). The first-order chi connectivity index (χ1) is 16.1. The van der Waals surface area contributed by atoms with E-state index < -0.39 is 0 Å². The van der Waals surface area contributed by atoms with Crippen LogP contribution in [0.1, 0.15) is 46.1 Å². The number of amidine groups is 1. The van der Waals surface area contributed by atoms with E-state index in [1.165, 1.54) is 7.11 Å². The summed E-state index contributed by atoms with van der Waals surface area (Å²) in [5, 5.41) is 17.1. The Kier molecular flexibility index (Phi) is 5.40. The van der Waals surface area contributed by atoms with Crippen LogP contribution < -0.4 is 5.48 Å². The van der Waals surface area contributed by atoms with Crippen LogP contribution >= 0.6 is 0 Å². The van der Waals surface area contributed by atoms with Crippen LogP contribution in [-0.4, -0.2) is 33.7 Å². The van der Waals surface area contributed by atoms with Gasteiger partial charge in [0.15, 0.2) is 0 Å². The molecule has 1 fully saturated rings. The van der Waals surface area contributed by atoms with E-state index >= 15 is 0 Å². The maximum atomic E-state index is 12.4. The van der Waals surface area contributed by atoms with Crippen molar-refractivity contribution < 1.29 is 14.7 Å². The summed E-state index contributed by atoms with van der Waals surface area (Å²) < 4.78 is 7.17. The summed E-state index contributed by atoms with van der Waals surface area (Å²) in [5.74, 6) is 1.02. The molecule has 1 aliphatic carbocycles. The van der Waals surface area contributed by atoms with Gasteiger partial charge in [0.2, 0.25) is 0 Å². The third kappa shape index (κ3) is 3.87. The van der Waals surface area contributed by atoms with Gasteiger partial charge in [0.25, 0.3) is 0 Å². The predicted octanol–water partition coefficient (Wildman–Crippen LogP) is 4.72. The van der Waals surface area contributed by atoms with Crippen molar-refractivity contribution in [2.75, 3.05) is 7.11 Å². The largest absolute Gasteiger partial charge is 0.465 e. The van der Waals surface area contributed by atoms with Gasteiger partial charge in [-0.25, -0.2) is 9.78 Å². The van der Waals surface area contributed by atoms with Crippen LogP contribution in [0.15, 0.2) is 66.7 Å². The fourth-order valence-electron chi connectivity index (χ4n) is 4.28. The molecule has 3 N–H and O–H groups in total. The third-order valence-corrected chi connectivity index (χ3v) is 6.06. The molecule has 7 nitrogen and oxygen atoms in total. The molecule has 0 atom stereocenters. The molecule has 0 saturated heterocycles. The Labute approximate surface area is 191 Å². The minimum atomic E-state index is -0.365. The lowest BCUT2D eigenvalue weighted by Crippen LogP contribution is -2.19. The van der Waals surface area contributed by atoms with Gasteiger partial charge in [-0.05, 0) is 41.7 Å². The number of para-hydroxylation sites is 1. The van der Waals surface area contributed by atoms with Gasteiger partial charge in [0.05, 0.1) is 23.7 Å². The number of nitrogens with one attached hydrogen (secondary N) is 2. The van der Waals surface area contributed by atoms with Crippen molar-refractivity contribution in [3.8, 4) is 11.1 Å². The zero-order valence-corrected chi connectivity index (χ0v) is 18.2. The predicted molar refractivity (Wildman–Crippen MR) is 126 cm³/mol. The first-order valence-electron chi connectivity index (χ1n) is 10.9. The fourth-order valence-corrected chi connectivity index (χ4v) is 4.28. The van der Waals surface area contributed by atoms with Crippen LogP contribution in [0.5, 0.6) is 0 Å². The van der Waals surface area contributed by atoms with Crippen molar-refractivity contribution in [3.05, 3.63) is 89.2 Å². The van der Waals surface area contributed by atoms with Crippen molar-refractivity contribution in [2.45, 2.75) is 25.3 Å². The molecule has 0 amide bonds. The number of imidazole rings is 1. The summed E-state index contributed by atoms with van der Waals surface area (Å²) in [7, 11) is 1.40. The van der Waals surface area contributed by atoms with E-state index in [0.29, 0.717) is 23.6 Å². The lowest BCUT2D eigenvalue weighted by Gasteiger charge is -2.13. The van der Waals surface area contributed by atoms with Crippen molar-refractivity contribution in [1.82, 2.24) is 15.0 Å². The van der Waals surface area contributed by atoms with Crippen LogP contribution in [0.25, 0.3) is 22.2 Å². The van der Waals surface area contributed by atoms with Gasteiger partial charge in [0, 0.05) is 18.0 Å². The molecule has 0 bridgehead atoms. The van der Waals surface area contributed by atoms with Crippen molar-refractivity contribution in [1.29, 1.82) is 5.41 Å². The van der Waals surface area contributed by atoms with E-state index in [1.54, 1.807) is 12.1 Å². The van der Waals surface area contributed by atoms with E-state index in [-0.39, 0.29) is 11.8 Å². The zero-order valence-electron chi connectivity index (χ0n) is 18.2. The zero-order chi connectivity index (χ0) is 22.9. The highest BCUT2D eigenvalue weighted by Crippen LogP contribution is 2.41. The molecule has 1 aromatic heterocycles. The molecule has 0 unspecified atom stereocenters. The van der Waals surface area contributed by atoms with Crippen LogP contribution in [-0.2, 0) is 11.3 Å². The van der Waals surface area contributed by atoms with Crippen LogP contribution in [0.3, 0.4) is 0 Å². The number of carbonyl (C=O) groups is 1. The van der Waals surface area contributed by atoms with Gasteiger partial charge in [-0.2, -0.15) is 0 Å². The van der Waals surface area contributed by atoms with E-state index in [9.17, 15) is 10.0 Å². The molecule has 33 heavy (non-hydrogen) atoms. The van der Waals surface area contributed by atoms with Gasteiger partial charge in [-0.15, -0.1) is 0 Å². The lowest BCUT2D eigenvalue weighted by molar-refractivity contribution is 0.0602. The number of rotatable bonds is 6.